The van der Waals surface area contributed by atoms with Crippen molar-refractivity contribution in [2.75, 3.05) is 38.1 Å². The molecule has 1 fully saturated rings. The lowest BCUT2D eigenvalue weighted by atomic mass is 10.1. The van der Waals surface area contributed by atoms with Crippen LogP contribution in [0, 0.1) is 0 Å². The van der Waals surface area contributed by atoms with Crippen molar-refractivity contribution in [2.45, 2.75) is 13.8 Å². The van der Waals surface area contributed by atoms with Gasteiger partial charge < -0.3 is 9.80 Å². The van der Waals surface area contributed by atoms with E-state index in [2.05, 4.69) is 61.0 Å². The van der Waals surface area contributed by atoms with Crippen molar-refractivity contribution >= 4 is 11.8 Å². The summed E-state index contributed by atoms with van der Waals surface area (Å²) in [6.45, 7) is 8.87. The highest BCUT2D eigenvalue weighted by molar-refractivity contribution is 5.59. The average molecular weight is 230 g/mol. The van der Waals surface area contributed by atoms with E-state index in [1.54, 1.807) is 0 Å². The second-order valence-electron chi connectivity index (χ2n) is 5.11. The molecular weight excluding hydrogens is 208 g/mol. The van der Waals surface area contributed by atoms with Crippen LogP contribution >= 0.6 is 0 Å². The summed E-state index contributed by atoms with van der Waals surface area (Å²) in [5.74, 6) is 0. The number of hydrogen-bond acceptors (Lipinski definition) is 2. The van der Waals surface area contributed by atoms with Crippen molar-refractivity contribution < 1.29 is 0 Å². The topological polar surface area (TPSA) is 6.48 Å². The van der Waals surface area contributed by atoms with E-state index >= 15 is 0 Å². The highest BCUT2D eigenvalue weighted by atomic mass is 15.2. The number of piperazine rings is 1. The van der Waals surface area contributed by atoms with Crippen LogP contribution < -0.4 is 4.90 Å². The normalized spacial score (nSPS) is 17.0. The number of likely N-dealkylation sites (N-methyl/N-ethyl adjacent to an activating group) is 1. The Bertz CT molecular complexity index is 397. The molecular formula is C15H22N2. The summed E-state index contributed by atoms with van der Waals surface area (Å²) in [7, 11) is 2.19. The number of allylic oxidation sites excluding steroid dienone is 1. The maximum absolute atomic E-state index is 2.47. The highest BCUT2D eigenvalue weighted by Gasteiger charge is 2.13. The van der Waals surface area contributed by atoms with Gasteiger partial charge in [-0.25, -0.2) is 0 Å². The van der Waals surface area contributed by atoms with Gasteiger partial charge in [-0.05, 0) is 38.6 Å². The summed E-state index contributed by atoms with van der Waals surface area (Å²) in [5.41, 5.74) is 4.01. The van der Waals surface area contributed by atoms with E-state index in [1.807, 2.05) is 0 Å². The fraction of sp³-hybridized carbons (Fsp3) is 0.467. The molecule has 1 aliphatic heterocycles. The van der Waals surface area contributed by atoms with Crippen LogP contribution in [0.4, 0.5) is 5.69 Å². The van der Waals surface area contributed by atoms with E-state index in [-0.39, 0.29) is 0 Å². The first kappa shape index (κ1) is 12.2. The molecule has 92 valence electrons. The van der Waals surface area contributed by atoms with Crippen molar-refractivity contribution in [2.24, 2.45) is 0 Å². The molecule has 0 aliphatic carbocycles. The van der Waals surface area contributed by atoms with Crippen LogP contribution in [-0.4, -0.2) is 38.1 Å². The number of hydrogen-bond donors (Lipinski definition) is 0. The van der Waals surface area contributed by atoms with Gasteiger partial charge in [-0.2, -0.15) is 0 Å². The van der Waals surface area contributed by atoms with Gasteiger partial charge in [0.2, 0.25) is 0 Å². The van der Waals surface area contributed by atoms with Gasteiger partial charge in [0.1, 0.15) is 0 Å². The Morgan fingerprint density at radius 2 is 1.82 bits per heavy atom. The predicted molar refractivity (Wildman–Crippen MR) is 75.5 cm³/mol. The quantitative estimate of drug-likeness (QED) is 0.771. The van der Waals surface area contributed by atoms with Gasteiger partial charge in [0, 0.05) is 31.9 Å². The SMILES string of the molecule is CC(C)=Cc1cccc(N2CCN(C)CC2)c1. The molecule has 0 spiro atoms. The fourth-order valence-electron chi connectivity index (χ4n) is 2.21. The van der Waals surface area contributed by atoms with Gasteiger partial charge in [0.15, 0.2) is 0 Å². The Kier molecular flexibility index (Phi) is 3.85. The summed E-state index contributed by atoms with van der Waals surface area (Å²) in [5, 5.41) is 0. The summed E-state index contributed by atoms with van der Waals surface area (Å²) in [4.78, 5) is 4.86. The molecule has 1 aromatic rings. The molecule has 17 heavy (non-hydrogen) atoms. The van der Waals surface area contributed by atoms with Gasteiger partial charge in [-0.1, -0.05) is 23.8 Å². The predicted octanol–water partition coefficient (Wildman–Crippen LogP) is 2.86. The molecule has 0 bridgehead atoms. The third-order valence-corrected chi connectivity index (χ3v) is 3.19. The largest absolute Gasteiger partial charge is 0.369 e. The van der Waals surface area contributed by atoms with Crippen LogP contribution in [0.5, 0.6) is 0 Å². The zero-order chi connectivity index (χ0) is 12.3. The number of anilines is 1. The van der Waals surface area contributed by atoms with Crippen molar-refractivity contribution in [3.8, 4) is 0 Å². The third-order valence-electron chi connectivity index (χ3n) is 3.19. The lowest BCUT2D eigenvalue weighted by molar-refractivity contribution is 0.313. The zero-order valence-corrected chi connectivity index (χ0v) is 11.1. The van der Waals surface area contributed by atoms with Crippen molar-refractivity contribution in [1.82, 2.24) is 4.90 Å². The Morgan fingerprint density at radius 1 is 1.12 bits per heavy atom. The van der Waals surface area contributed by atoms with E-state index in [4.69, 9.17) is 0 Å². The summed E-state index contributed by atoms with van der Waals surface area (Å²) < 4.78 is 0. The van der Waals surface area contributed by atoms with Gasteiger partial charge in [0.05, 0.1) is 0 Å². The van der Waals surface area contributed by atoms with Crippen LogP contribution in [0.2, 0.25) is 0 Å². The first-order chi connectivity index (χ1) is 8.15. The molecule has 0 atom stereocenters. The van der Waals surface area contributed by atoms with Crippen LogP contribution in [0.25, 0.3) is 6.08 Å². The van der Waals surface area contributed by atoms with Crippen LogP contribution in [-0.2, 0) is 0 Å². The summed E-state index contributed by atoms with van der Waals surface area (Å²) >= 11 is 0. The lowest BCUT2D eigenvalue weighted by Crippen LogP contribution is -2.44. The molecule has 2 nitrogen and oxygen atoms in total. The molecule has 1 heterocycles. The van der Waals surface area contributed by atoms with E-state index in [0.29, 0.717) is 0 Å². The smallest absolute Gasteiger partial charge is 0.0373 e. The second-order valence-corrected chi connectivity index (χ2v) is 5.11. The van der Waals surface area contributed by atoms with Crippen molar-refractivity contribution in [1.29, 1.82) is 0 Å². The monoisotopic (exact) mass is 230 g/mol. The lowest BCUT2D eigenvalue weighted by Gasteiger charge is -2.34. The molecule has 0 amide bonds. The average Bonchev–Trinajstić information content (AvgIpc) is 2.29. The fourth-order valence-corrected chi connectivity index (χ4v) is 2.21. The van der Waals surface area contributed by atoms with Crippen LogP contribution in [0.15, 0.2) is 29.8 Å². The van der Waals surface area contributed by atoms with E-state index < -0.39 is 0 Å². The van der Waals surface area contributed by atoms with Crippen molar-refractivity contribution in [3.63, 3.8) is 0 Å². The molecule has 2 heteroatoms. The third kappa shape index (κ3) is 3.34. The highest BCUT2D eigenvalue weighted by Crippen LogP contribution is 2.19. The first-order valence-corrected chi connectivity index (χ1v) is 6.33. The first-order valence-electron chi connectivity index (χ1n) is 6.33. The molecule has 0 N–H and O–H groups in total. The van der Waals surface area contributed by atoms with Gasteiger partial charge in [0.25, 0.3) is 0 Å². The van der Waals surface area contributed by atoms with E-state index in [1.165, 1.54) is 16.8 Å². The van der Waals surface area contributed by atoms with Gasteiger partial charge >= 0.3 is 0 Å². The Hall–Kier alpha value is -1.28. The standard InChI is InChI=1S/C15H22N2/c1-13(2)11-14-5-4-6-15(12-14)17-9-7-16(3)8-10-17/h4-6,11-12H,7-10H2,1-3H3. The molecule has 0 aromatic heterocycles. The summed E-state index contributed by atoms with van der Waals surface area (Å²) in [6, 6.07) is 8.83. The second kappa shape index (κ2) is 5.37. The molecule has 1 saturated heterocycles. The molecule has 1 aromatic carbocycles. The maximum atomic E-state index is 2.47. The molecule has 0 radical (unpaired) electrons. The van der Waals surface area contributed by atoms with E-state index in [9.17, 15) is 0 Å². The molecule has 0 unspecified atom stereocenters. The van der Waals surface area contributed by atoms with Crippen LogP contribution in [0.3, 0.4) is 0 Å². The van der Waals surface area contributed by atoms with Crippen molar-refractivity contribution in [3.05, 3.63) is 35.4 Å². The molecule has 2 rings (SSSR count). The van der Waals surface area contributed by atoms with Gasteiger partial charge in [-0.3, -0.25) is 0 Å². The number of nitrogens with zero attached hydrogens (tertiary/aromatic N) is 2. The Balaban J connectivity index is 2.13. The Morgan fingerprint density at radius 3 is 2.47 bits per heavy atom. The molecule has 1 aliphatic rings. The van der Waals surface area contributed by atoms with E-state index in [0.717, 1.165) is 26.2 Å². The Labute approximate surface area is 105 Å². The minimum atomic E-state index is 1.13. The number of benzene rings is 1. The van der Waals surface area contributed by atoms with Gasteiger partial charge in [-0.15, -0.1) is 0 Å². The maximum Gasteiger partial charge on any atom is 0.0373 e. The minimum Gasteiger partial charge on any atom is -0.369 e. The number of rotatable bonds is 2. The minimum absolute atomic E-state index is 1.13. The zero-order valence-electron chi connectivity index (χ0n) is 11.1. The van der Waals surface area contributed by atoms with Crippen LogP contribution in [0.1, 0.15) is 19.4 Å². The molecule has 0 saturated carbocycles. The summed E-state index contributed by atoms with van der Waals surface area (Å²) in [6.07, 6.45) is 2.24.